The van der Waals surface area contributed by atoms with Gasteiger partial charge in [0.25, 0.3) is 0 Å². The van der Waals surface area contributed by atoms with E-state index in [2.05, 4.69) is 27.4 Å². The largest absolute Gasteiger partial charge is 0.492 e. The summed E-state index contributed by atoms with van der Waals surface area (Å²) in [5.41, 5.74) is 0. The predicted octanol–water partition coefficient (Wildman–Crippen LogP) is 2.35. The van der Waals surface area contributed by atoms with Gasteiger partial charge in [-0.1, -0.05) is 31.5 Å². The van der Waals surface area contributed by atoms with E-state index in [1.165, 1.54) is 38.9 Å². The number of hydrogen-bond donors (Lipinski definition) is 2. The molecule has 1 aromatic carbocycles. The predicted molar refractivity (Wildman–Crippen MR) is 101 cm³/mol. The van der Waals surface area contributed by atoms with Crippen LogP contribution in [0, 0.1) is 5.92 Å². The second kappa shape index (κ2) is 10.9. The molecule has 0 spiro atoms. The molecule has 24 heavy (non-hydrogen) atoms. The standard InChI is InChI=1S/C19H32N4O/c1-17(16-23-12-7-4-8-13-23)15-22-19(20-2)21-11-14-24-18-9-5-3-6-10-18/h3,5-6,9-10,17H,4,7-8,11-16H2,1-2H3,(H2,20,21,22). The fourth-order valence-electron chi connectivity index (χ4n) is 2.99. The molecule has 2 rings (SSSR count). The van der Waals surface area contributed by atoms with Gasteiger partial charge in [0.05, 0.1) is 6.54 Å². The number of aliphatic imine (C=N–C) groups is 1. The van der Waals surface area contributed by atoms with Gasteiger partial charge in [0, 0.05) is 20.1 Å². The molecule has 1 aromatic rings. The second-order valence-corrected chi connectivity index (χ2v) is 6.51. The molecule has 0 aliphatic carbocycles. The Labute approximate surface area is 146 Å². The fraction of sp³-hybridized carbons (Fsp3) is 0.632. The van der Waals surface area contributed by atoms with Gasteiger partial charge in [-0.3, -0.25) is 4.99 Å². The Bertz CT molecular complexity index is 472. The second-order valence-electron chi connectivity index (χ2n) is 6.51. The Hall–Kier alpha value is -1.75. The van der Waals surface area contributed by atoms with Gasteiger partial charge < -0.3 is 20.3 Å². The summed E-state index contributed by atoms with van der Waals surface area (Å²) < 4.78 is 5.68. The van der Waals surface area contributed by atoms with Crippen LogP contribution in [0.2, 0.25) is 0 Å². The Morgan fingerprint density at radius 3 is 2.62 bits per heavy atom. The number of rotatable bonds is 8. The monoisotopic (exact) mass is 332 g/mol. The number of nitrogens with zero attached hydrogens (tertiary/aromatic N) is 2. The Kier molecular flexibility index (Phi) is 8.46. The molecule has 0 aromatic heterocycles. The van der Waals surface area contributed by atoms with Crippen molar-refractivity contribution < 1.29 is 4.74 Å². The van der Waals surface area contributed by atoms with Gasteiger partial charge in [-0.25, -0.2) is 0 Å². The maximum absolute atomic E-state index is 5.68. The van der Waals surface area contributed by atoms with Crippen LogP contribution in [0.15, 0.2) is 35.3 Å². The average molecular weight is 332 g/mol. The van der Waals surface area contributed by atoms with Crippen LogP contribution >= 0.6 is 0 Å². The molecule has 134 valence electrons. The van der Waals surface area contributed by atoms with Crippen LogP contribution in [0.3, 0.4) is 0 Å². The summed E-state index contributed by atoms with van der Waals surface area (Å²) in [6.07, 6.45) is 4.10. The number of ether oxygens (including phenoxy) is 1. The maximum atomic E-state index is 5.68. The molecule has 5 nitrogen and oxygen atoms in total. The summed E-state index contributed by atoms with van der Waals surface area (Å²) in [5.74, 6) is 2.36. The summed E-state index contributed by atoms with van der Waals surface area (Å²) in [7, 11) is 1.81. The van der Waals surface area contributed by atoms with E-state index in [-0.39, 0.29) is 0 Å². The van der Waals surface area contributed by atoms with Crippen molar-refractivity contribution in [1.82, 2.24) is 15.5 Å². The van der Waals surface area contributed by atoms with Crippen LogP contribution in [0.25, 0.3) is 0 Å². The highest BCUT2D eigenvalue weighted by Gasteiger charge is 2.13. The van der Waals surface area contributed by atoms with E-state index in [0.29, 0.717) is 12.5 Å². The molecule has 1 unspecified atom stereocenters. The minimum Gasteiger partial charge on any atom is -0.492 e. The van der Waals surface area contributed by atoms with E-state index in [0.717, 1.165) is 24.8 Å². The van der Waals surface area contributed by atoms with E-state index in [9.17, 15) is 0 Å². The quantitative estimate of drug-likeness (QED) is 0.436. The van der Waals surface area contributed by atoms with E-state index in [1.807, 2.05) is 37.4 Å². The van der Waals surface area contributed by atoms with Crippen molar-refractivity contribution in [2.24, 2.45) is 10.9 Å². The van der Waals surface area contributed by atoms with Gasteiger partial charge in [-0.15, -0.1) is 0 Å². The van der Waals surface area contributed by atoms with E-state index in [4.69, 9.17) is 4.74 Å². The molecule has 1 fully saturated rings. The van der Waals surface area contributed by atoms with Crippen LogP contribution in [0.1, 0.15) is 26.2 Å². The smallest absolute Gasteiger partial charge is 0.191 e. The van der Waals surface area contributed by atoms with Crippen molar-refractivity contribution in [1.29, 1.82) is 0 Å². The fourth-order valence-corrected chi connectivity index (χ4v) is 2.99. The lowest BCUT2D eigenvalue weighted by molar-refractivity contribution is 0.201. The lowest BCUT2D eigenvalue weighted by atomic mass is 10.1. The lowest BCUT2D eigenvalue weighted by Gasteiger charge is -2.29. The highest BCUT2D eigenvalue weighted by atomic mass is 16.5. The van der Waals surface area contributed by atoms with Gasteiger partial charge in [-0.2, -0.15) is 0 Å². The molecule has 1 aliphatic heterocycles. The minimum atomic E-state index is 0.613. The Morgan fingerprint density at radius 1 is 1.17 bits per heavy atom. The number of piperidine rings is 1. The third-order valence-electron chi connectivity index (χ3n) is 4.27. The molecule has 0 radical (unpaired) electrons. The number of para-hydroxylation sites is 1. The molecule has 0 saturated carbocycles. The zero-order chi connectivity index (χ0) is 17.0. The first-order valence-corrected chi connectivity index (χ1v) is 9.12. The summed E-state index contributed by atoms with van der Waals surface area (Å²) in [5, 5.41) is 6.71. The van der Waals surface area contributed by atoms with Crippen molar-refractivity contribution in [3.63, 3.8) is 0 Å². The van der Waals surface area contributed by atoms with Crippen LogP contribution in [-0.2, 0) is 0 Å². The molecule has 1 aliphatic rings. The number of nitrogens with one attached hydrogen (secondary N) is 2. The molecular weight excluding hydrogens is 300 g/mol. The number of likely N-dealkylation sites (tertiary alicyclic amines) is 1. The van der Waals surface area contributed by atoms with Gasteiger partial charge in [0.1, 0.15) is 12.4 Å². The maximum Gasteiger partial charge on any atom is 0.191 e. The van der Waals surface area contributed by atoms with E-state index in [1.54, 1.807) is 0 Å². The van der Waals surface area contributed by atoms with Crippen molar-refractivity contribution >= 4 is 5.96 Å². The van der Waals surface area contributed by atoms with Crippen molar-refractivity contribution in [2.45, 2.75) is 26.2 Å². The molecule has 5 heteroatoms. The first-order chi connectivity index (χ1) is 11.8. The molecule has 2 N–H and O–H groups in total. The Morgan fingerprint density at radius 2 is 1.92 bits per heavy atom. The van der Waals surface area contributed by atoms with E-state index >= 15 is 0 Å². The zero-order valence-corrected chi connectivity index (χ0v) is 15.1. The minimum absolute atomic E-state index is 0.613. The lowest BCUT2D eigenvalue weighted by Crippen LogP contribution is -2.43. The molecular formula is C19H32N4O. The molecule has 1 saturated heterocycles. The number of guanidine groups is 1. The van der Waals surface area contributed by atoms with Crippen molar-refractivity contribution in [3.8, 4) is 5.75 Å². The Balaban J connectivity index is 1.57. The molecule has 1 heterocycles. The van der Waals surface area contributed by atoms with Crippen LogP contribution in [0.5, 0.6) is 5.75 Å². The number of hydrogen-bond acceptors (Lipinski definition) is 3. The van der Waals surface area contributed by atoms with Gasteiger partial charge in [0.15, 0.2) is 5.96 Å². The summed E-state index contributed by atoms with van der Waals surface area (Å²) >= 11 is 0. The highest BCUT2D eigenvalue weighted by Crippen LogP contribution is 2.10. The van der Waals surface area contributed by atoms with Crippen LogP contribution in [0.4, 0.5) is 0 Å². The highest BCUT2D eigenvalue weighted by molar-refractivity contribution is 5.79. The third-order valence-corrected chi connectivity index (χ3v) is 4.27. The van der Waals surface area contributed by atoms with Crippen LogP contribution in [-0.4, -0.2) is 57.2 Å². The average Bonchev–Trinajstić information content (AvgIpc) is 2.63. The van der Waals surface area contributed by atoms with Gasteiger partial charge >= 0.3 is 0 Å². The third kappa shape index (κ3) is 7.21. The number of benzene rings is 1. The summed E-state index contributed by atoms with van der Waals surface area (Å²) in [4.78, 5) is 6.86. The molecule has 1 atom stereocenters. The topological polar surface area (TPSA) is 48.9 Å². The molecule has 0 amide bonds. The summed E-state index contributed by atoms with van der Waals surface area (Å²) in [6.45, 7) is 8.27. The van der Waals surface area contributed by atoms with Crippen molar-refractivity contribution in [3.05, 3.63) is 30.3 Å². The van der Waals surface area contributed by atoms with Gasteiger partial charge in [-0.05, 0) is 44.0 Å². The first-order valence-electron chi connectivity index (χ1n) is 9.12. The van der Waals surface area contributed by atoms with Crippen molar-refractivity contribution in [2.75, 3.05) is 46.4 Å². The van der Waals surface area contributed by atoms with Gasteiger partial charge in [0.2, 0.25) is 0 Å². The zero-order valence-electron chi connectivity index (χ0n) is 15.1. The first kappa shape index (κ1) is 18.6. The van der Waals surface area contributed by atoms with E-state index < -0.39 is 0 Å². The van der Waals surface area contributed by atoms with Crippen LogP contribution < -0.4 is 15.4 Å². The summed E-state index contributed by atoms with van der Waals surface area (Å²) in [6, 6.07) is 9.88. The molecule has 0 bridgehead atoms. The SMILES string of the molecule is CN=C(NCCOc1ccccc1)NCC(C)CN1CCCCC1. The normalized spacial score (nSPS) is 17.3.